The standard InChI is InChI=1S/C15H19N3.C3H4O/c1-2-10-5-4-8-13(14(10)17)15(18)11-6-3-7-12(16)9-11;1-2-3-4/h3-9,15H,2,16-18H2,1H3;2-3H,1H2. The van der Waals surface area contributed by atoms with E-state index in [9.17, 15) is 0 Å². The Morgan fingerprint density at radius 2 is 1.82 bits per heavy atom. The van der Waals surface area contributed by atoms with Crippen LogP contribution in [0.2, 0.25) is 0 Å². The molecule has 0 saturated carbocycles. The van der Waals surface area contributed by atoms with Crippen LogP contribution >= 0.6 is 0 Å². The first kappa shape index (κ1) is 17.5. The number of nitrogens with two attached hydrogens (primary N) is 3. The minimum atomic E-state index is -0.236. The highest BCUT2D eigenvalue weighted by atomic mass is 16.1. The number of para-hydroxylation sites is 1. The predicted molar refractivity (Wildman–Crippen MR) is 93.4 cm³/mol. The molecule has 2 rings (SSSR count). The summed E-state index contributed by atoms with van der Waals surface area (Å²) in [6.07, 6.45) is 2.74. The van der Waals surface area contributed by atoms with E-state index < -0.39 is 0 Å². The van der Waals surface area contributed by atoms with Crippen LogP contribution in [0, 0.1) is 0 Å². The lowest BCUT2D eigenvalue weighted by Gasteiger charge is -2.17. The van der Waals surface area contributed by atoms with Gasteiger partial charge in [0.25, 0.3) is 0 Å². The highest BCUT2D eigenvalue weighted by molar-refractivity contribution is 5.63. The van der Waals surface area contributed by atoms with Crippen molar-refractivity contribution in [1.29, 1.82) is 0 Å². The van der Waals surface area contributed by atoms with Gasteiger partial charge in [0, 0.05) is 11.4 Å². The van der Waals surface area contributed by atoms with Gasteiger partial charge in [-0.2, -0.15) is 0 Å². The molecule has 0 radical (unpaired) electrons. The van der Waals surface area contributed by atoms with Crippen LogP contribution in [-0.4, -0.2) is 6.29 Å². The molecule has 2 aromatic carbocycles. The summed E-state index contributed by atoms with van der Waals surface area (Å²) >= 11 is 0. The molecule has 22 heavy (non-hydrogen) atoms. The topological polar surface area (TPSA) is 95.1 Å². The largest absolute Gasteiger partial charge is 0.399 e. The van der Waals surface area contributed by atoms with E-state index >= 15 is 0 Å². The summed E-state index contributed by atoms with van der Waals surface area (Å²) in [5.41, 5.74) is 22.8. The molecule has 0 aliphatic rings. The van der Waals surface area contributed by atoms with Gasteiger partial charge in [0.2, 0.25) is 0 Å². The second kappa shape index (κ2) is 8.64. The fourth-order valence-electron chi connectivity index (χ4n) is 2.14. The number of carbonyl (C=O) groups excluding carboxylic acids is 1. The van der Waals surface area contributed by atoms with Crippen molar-refractivity contribution in [2.24, 2.45) is 5.73 Å². The molecule has 0 aliphatic carbocycles. The maximum absolute atomic E-state index is 9.06. The smallest absolute Gasteiger partial charge is 0.142 e. The number of aryl methyl sites for hydroxylation is 1. The second-order valence-electron chi connectivity index (χ2n) is 4.79. The molecule has 2 aromatic rings. The Hall–Kier alpha value is -2.59. The molecule has 1 atom stereocenters. The molecule has 0 aliphatic heterocycles. The quantitative estimate of drug-likeness (QED) is 0.459. The average molecular weight is 297 g/mol. The third-order valence-corrected chi connectivity index (χ3v) is 3.31. The Balaban J connectivity index is 0.000000541. The summed E-state index contributed by atoms with van der Waals surface area (Å²) in [7, 11) is 0. The normalized spacial score (nSPS) is 11.0. The van der Waals surface area contributed by atoms with Gasteiger partial charge in [-0.3, -0.25) is 4.79 Å². The highest BCUT2D eigenvalue weighted by Crippen LogP contribution is 2.28. The van der Waals surface area contributed by atoms with E-state index in [1.807, 2.05) is 42.5 Å². The van der Waals surface area contributed by atoms with Crippen molar-refractivity contribution in [2.75, 3.05) is 11.5 Å². The number of aldehydes is 1. The van der Waals surface area contributed by atoms with E-state index in [1.54, 1.807) is 0 Å². The maximum Gasteiger partial charge on any atom is 0.142 e. The number of nitrogen functional groups attached to an aromatic ring is 2. The number of benzene rings is 2. The van der Waals surface area contributed by atoms with Gasteiger partial charge in [-0.1, -0.05) is 43.8 Å². The molecule has 6 N–H and O–H groups in total. The predicted octanol–water partition coefficient (Wildman–Crippen LogP) is 2.83. The SMILES string of the molecule is C=CC=O.CCc1cccc(C(N)c2cccc(N)c2)c1N. The van der Waals surface area contributed by atoms with Crippen molar-refractivity contribution in [1.82, 2.24) is 0 Å². The van der Waals surface area contributed by atoms with Gasteiger partial charge < -0.3 is 17.2 Å². The van der Waals surface area contributed by atoms with E-state index in [4.69, 9.17) is 22.0 Å². The molecule has 0 fully saturated rings. The van der Waals surface area contributed by atoms with Gasteiger partial charge in [-0.15, -0.1) is 0 Å². The monoisotopic (exact) mass is 297 g/mol. The number of hydrogen-bond donors (Lipinski definition) is 3. The molecule has 0 bridgehead atoms. The third-order valence-electron chi connectivity index (χ3n) is 3.31. The summed E-state index contributed by atoms with van der Waals surface area (Å²) in [6.45, 7) is 5.20. The number of hydrogen-bond acceptors (Lipinski definition) is 4. The lowest BCUT2D eigenvalue weighted by atomic mass is 9.95. The van der Waals surface area contributed by atoms with E-state index in [0.717, 1.165) is 28.8 Å². The van der Waals surface area contributed by atoms with Crippen molar-refractivity contribution < 1.29 is 4.79 Å². The number of allylic oxidation sites excluding steroid dienone is 1. The van der Waals surface area contributed by atoms with Crippen LogP contribution in [-0.2, 0) is 11.2 Å². The first-order valence-corrected chi connectivity index (χ1v) is 7.09. The molecule has 0 heterocycles. The van der Waals surface area contributed by atoms with Gasteiger partial charge in [0.1, 0.15) is 6.29 Å². The summed E-state index contributed by atoms with van der Waals surface area (Å²) in [5, 5.41) is 0. The van der Waals surface area contributed by atoms with E-state index in [0.29, 0.717) is 12.0 Å². The Labute approximate surface area is 131 Å². The molecule has 4 heteroatoms. The summed E-state index contributed by atoms with van der Waals surface area (Å²) in [5.74, 6) is 0. The first-order valence-electron chi connectivity index (χ1n) is 7.09. The van der Waals surface area contributed by atoms with Crippen LogP contribution in [0.5, 0.6) is 0 Å². The Morgan fingerprint density at radius 1 is 1.18 bits per heavy atom. The van der Waals surface area contributed by atoms with Gasteiger partial charge in [0.15, 0.2) is 0 Å². The first-order chi connectivity index (χ1) is 10.5. The lowest BCUT2D eigenvalue weighted by Crippen LogP contribution is -2.15. The minimum Gasteiger partial charge on any atom is -0.399 e. The van der Waals surface area contributed by atoms with Crippen LogP contribution in [0.25, 0.3) is 0 Å². The number of carbonyl (C=O) groups is 1. The zero-order valence-corrected chi connectivity index (χ0v) is 12.8. The van der Waals surface area contributed by atoms with Gasteiger partial charge in [0.05, 0.1) is 6.04 Å². The van der Waals surface area contributed by atoms with E-state index in [1.165, 1.54) is 6.08 Å². The Bertz CT molecular complexity index is 632. The fraction of sp³-hybridized carbons (Fsp3) is 0.167. The molecule has 0 saturated heterocycles. The molecular weight excluding hydrogens is 274 g/mol. The highest BCUT2D eigenvalue weighted by Gasteiger charge is 2.13. The van der Waals surface area contributed by atoms with Crippen molar-refractivity contribution in [2.45, 2.75) is 19.4 Å². The van der Waals surface area contributed by atoms with Crippen LogP contribution in [0.1, 0.15) is 29.7 Å². The zero-order chi connectivity index (χ0) is 16.5. The average Bonchev–Trinajstić information content (AvgIpc) is 2.54. The van der Waals surface area contributed by atoms with Crippen molar-refractivity contribution in [3.05, 3.63) is 71.8 Å². The molecular formula is C18H23N3O. The van der Waals surface area contributed by atoms with E-state index in [-0.39, 0.29) is 6.04 Å². The maximum atomic E-state index is 9.06. The van der Waals surface area contributed by atoms with Crippen LogP contribution in [0.15, 0.2) is 55.1 Å². The van der Waals surface area contributed by atoms with Crippen molar-refractivity contribution in [3.63, 3.8) is 0 Å². The summed E-state index contributed by atoms with van der Waals surface area (Å²) in [6, 6.07) is 13.4. The zero-order valence-electron chi connectivity index (χ0n) is 12.8. The molecule has 1 unspecified atom stereocenters. The van der Waals surface area contributed by atoms with Crippen LogP contribution in [0.3, 0.4) is 0 Å². The Kier molecular flexibility index (Phi) is 6.86. The molecule has 0 aromatic heterocycles. The van der Waals surface area contributed by atoms with Crippen LogP contribution < -0.4 is 17.2 Å². The van der Waals surface area contributed by atoms with Gasteiger partial charge in [-0.25, -0.2) is 0 Å². The molecule has 0 amide bonds. The van der Waals surface area contributed by atoms with Crippen molar-refractivity contribution in [3.8, 4) is 0 Å². The molecule has 116 valence electrons. The second-order valence-corrected chi connectivity index (χ2v) is 4.79. The van der Waals surface area contributed by atoms with Gasteiger partial charge in [-0.05, 0) is 41.3 Å². The molecule has 0 spiro atoms. The number of anilines is 2. The lowest BCUT2D eigenvalue weighted by molar-refractivity contribution is -0.104. The number of rotatable bonds is 4. The minimum absolute atomic E-state index is 0.236. The van der Waals surface area contributed by atoms with E-state index in [2.05, 4.69) is 13.5 Å². The third kappa shape index (κ3) is 4.46. The summed E-state index contributed by atoms with van der Waals surface area (Å²) in [4.78, 5) is 9.06. The van der Waals surface area contributed by atoms with Crippen molar-refractivity contribution >= 4 is 17.7 Å². The Morgan fingerprint density at radius 3 is 2.36 bits per heavy atom. The van der Waals surface area contributed by atoms with Crippen LogP contribution in [0.4, 0.5) is 11.4 Å². The molecule has 4 nitrogen and oxygen atoms in total. The summed E-state index contributed by atoms with van der Waals surface area (Å²) < 4.78 is 0. The van der Waals surface area contributed by atoms with Gasteiger partial charge >= 0.3 is 0 Å². The fourth-order valence-corrected chi connectivity index (χ4v) is 2.14.